The zero-order valence-corrected chi connectivity index (χ0v) is 11.0. The number of aromatic nitrogens is 1. The highest BCUT2D eigenvalue weighted by atomic mass is 32.2. The molecule has 1 rings (SSSR count). The molecular weight excluding hydrogens is 260 g/mol. The summed E-state index contributed by atoms with van der Waals surface area (Å²) in [5, 5.41) is 17.7. The molecule has 0 aromatic carbocycles. The van der Waals surface area contributed by atoms with Crippen molar-refractivity contribution in [3.05, 3.63) is 18.0 Å². The van der Waals surface area contributed by atoms with Crippen molar-refractivity contribution in [2.24, 2.45) is 7.05 Å². The molecule has 0 atom stereocenters. The fourth-order valence-corrected chi connectivity index (χ4v) is 3.11. The van der Waals surface area contributed by atoms with Gasteiger partial charge >= 0.3 is 5.97 Å². The van der Waals surface area contributed by atoms with Crippen LogP contribution in [-0.4, -0.2) is 53.2 Å². The van der Waals surface area contributed by atoms with Gasteiger partial charge in [0, 0.05) is 26.3 Å². The Balaban J connectivity index is 3.20. The molecule has 1 heterocycles. The van der Waals surface area contributed by atoms with Crippen LogP contribution in [0.2, 0.25) is 0 Å². The first kappa shape index (κ1) is 14.7. The number of hydrogen-bond donors (Lipinski definition) is 2. The van der Waals surface area contributed by atoms with Gasteiger partial charge in [0.05, 0.1) is 6.61 Å². The highest BCUT2D eigenvalue weighted by Crippen LogP contribution is 2.18. The Hall–Kier alpha value is -1.38. The highest BCUT2D eigenvalue weighted by molar-refractivity contribution is 7.89. The number of aromatic carboxylic acids is 1. The van der Waals surface area contributed by atoms with Crippen LogP contribution in [0.25, 0.3) is 0 Å². The Morgan fingerprint density at radius 2 is 2.11 bits per heavy atom. The monoisotopic (exact) mass is 276 g/mol. The van der Waals surface area contributed by atoms with E-state index in [1.165, 1.54) is 17.8 Å². The minimum atomic E-state index is -3.76. The van der Waals surface area contributed by atoms with Crippen molar-refractivity contribution in [2.75, 3.05) is 19.7 Å². The predicted octanol–water partition coefficient (Wildman–Crippen LogP) is -0.274. The normalized spacial score (nSPS) is 12.0. The lowest BCUT2D eigenvalue weighted by atomic mass is 10.4. The van der Waals surface area contributed by atoms with Crippen LogP contribution in [0.3, 0.4) is 0 Å². The number of aliphatic hydroxyl groups excluding tert-OH is 1. The van der Waals surface area contributed by atoms with E-state index in [-0.39, 0.29) is 30.3 Å². The van der Waals surface area contributed by atoms with E-state index < -0.39 is 16.0 Å². The van der Waals surface area contributed by atoms with Crippen LogP contribution in [0.4, 0.5) is 0 Å². The lowest BCUT2D eigenvalue weighted by molar-refractivity contribution is 0.0686. The Bertz CT molecular complexity index is 534. The van der Waals surface area contributed by atoms with Gasteiger partial charge in [-0.1, -0.05) is 6.92 Å². The molecule has 0 radical (unpaired) electrons. The number of rotatable bonds is 6. The van der Waals surface area contributed by atoms with Crippen molar-refractivity contribution in [1.82, 2.24) is 8.87 Å². The highest BCUT2D eigenvalue weighted by Gasteiger charge is 2.25. The van der Waals surface area contributed by atoms with Gasteiger partial charge in [-0.2, -0.15) is 4.31 Å². The summed E-state index contributed by atoms with van der Waals surface area (Å²) in [6.45, 7) is 1.55. The van der Waals surface area contributed by atoms with Gasteiger partial charge in [0.2, 0.25) is 10.0 Å². The van der Waals surface area contributed by atoms with Crippen molar-refractivity contribution in [3.8, 4) is 0 Å². The second kappa shape index (κ2) is 5.51. The fourth-order valence-electron chi connectivity index (χ4n) is 1.60. The van der Waals surface area contributed by atoms with Crippen molar-refractivity contribution in [1.29, 1.82) is 0 Å². The smallest absolute Gasteiger partial charge is 0.352 e. The predicted molar refractivity (Wildman–Crippen MR) is 63.9 cm³/mol. The maximum atomic E-state index is 12.2. The molecule has 0 bridgehead atoms. The quantitative estimate of drug-likeness (QED) is 0.744. The third-order valence-electron chi connectivity index (χ3n) is 2.54. The van der Waals surface area contributed by atoms with Crippen molar-refractivity contribution in [3.63, 3.8) is 0 Å². The van der Waals surface area contributed by atoms with Gasteiger partial charge in [-0.3, -0.25) is 0 Å². The first-order chi connectivity index (χ1) is 8.34. The number of nitrogens with zero attached hydrogens (tertiary/aromatic N) is 2. The van der Waals surface area contributed by atoms with E-state index in [9.17, 15) is 13.2 Å². The lowest BCUT2D eigenvalue weighted by Gasteiger charge is -2.18. The van der Waals surface area contributed by atoms with Crippen molar-refractivity contribution in [2.45, 2.75) is 11.8 Å². The van der Waals surface area contributed by atoms with E-state index in [1.807, 2.05) is 0 Å². The van der Waals surface area contributed by atoms with E-state index in [4.69, 9.17) is 10.2 Å². The Labute approximate surface area is 105 Å². The third-order valence-corrected chi connectivity index (χ3v) is 4.48. The minimum absolute atomic E-state index is 0.0177. The summed E-state index contributed by atoms with van der Waals surface area (Å²) in [4.78, 5) is 10.8. The maximum Gasteiger partial charge on any atom is 0.352 e. The van der Waals surface area contributed by atoms with Gasteiger partial charge in [0.15, 0.2) is 0 Å². The number of carbonyl (C=O) groups is 1. The fraction of sp³-hybridized carbons (Fsp3) is 0.500. The molecule has 0 unspecified atom stereocenters. The number of likely N-dealkylation sites (N-methyl/N-ethyl adjacent to an activating group) is 1. The van der Waals surface area contributed by atoms with Gasteiger partial charge in [-0.05, 0) is 6.07 Å². The number of aliphatic hydroxyl groups is 1. The maximum absolute atomic E-state index is 12.2. The van der Waals surface area contributed by atoms with Crippen LogP contribution in [-0.2, 0) is 17.1 Å². The zero-order valence-electron chi connectivity index (χ0n) is 10.2. The molecule has 0 saturated heterocycles. The topological polar surface area (TPSA) is 99.8 Å². The van der Waals surface area contributed by atoms with E-state index in [1.54, 1.807) is 6.92 Å². The van der Waals surface area contributed by atoms with Crippen molar-refractivity contribution >= 4 is 16.0 Å². The summed E-state index contributed by atoms with van der Waals surface area (Å²) in [7, 11) is -2.30. The second-order valence-corrected chi connectivity index (χ2v) is 5.64. The van der Waals surface area contributed by atoms with Gasteiger partial charge in [-0.15, -0.1) is 0 Å². The van der Waals surface area contributed by atoms with E-state index in [0.29, 0.717) is 0 Å². The van der Waals surface area contributed by atoms with E-state index >= 15 is 0 Å². The molecule has 1 aromatic heterocycles. The minimum Gasteiger partial charge on any atom is -0.477 e. The standard InChI is InChI=1S/C10H16N2O5S/c1-3-12(4-5-13)18(16,17)8-6-9(10(14)15)11(2)7-8/h6-7,13H,3-5H2,1-2H3,(H,14,15). The average molecular weight is 276 g/mol. The molecule has 0 saturated carbocycles. The second-order valence-electron chi connectivity index (χ2n) is 3.70. The molecule has 2 N–H and O–H groups in total. The van der Waals surface area contributed by atoms with E-state index in [2.05, 4.69) is 0 Å². The first-order valence-corrected chi connectivity index (χ1v) is 6.79. The summed E-state index contributed by atoms with van der Waals surface area (Å²) in [5.41, 5.74) is -0.103. The summed E-state index contributed by atoms with van der Waals surface area (Å²) < 4.78 is 26.6. The number of carboxylic acid groups (broad SMARTS) is 1. The van der Waals surface area contributed by atoms with Crippen LogP contribution < -0.4 is 0 Å². The molecule has 7 nitrogen and oxygen atoms in total. The van der Waals surface area contributed by atoms with Crippen LogP contribution in [0.1, 0.15) is 17.4 Å². The molecule has 0 amide bonds. The Kier molecular flexibility index (Phi) is 4.49. The molecule has 0 aliphatic rings. The summed E-state index contributed by atoms with van der Waals surface area (Å²) in [6, 6.07) is 1.11. The molecule has 8 heteroatoms. The summed E-state index contributed by atoms with van der Waals surface area (Å²) in [6.07, 6.45) is 1.25. The lowest BCUT2D eigenvalue weighted by Crippen LogP contribution is -2.33. The number of aryl methyl sites for hydroxylation is 1. The van der Waals surface area contributed by atoms with Crippen LogP contribution in [0, 0.1) is 0 Å². The van der Waals surface area contributed by atoms with Gasteiger partial charge in [-0.25, -0.2) is 13.2 Å². The SMILES string of the molecule is CCN(CCO)S(=O)(=O)c1cc(C(=O)O)n(C)c1. The number of hydrogen-bond acceptors (Lipinski definition) is 4. The number of carboxylic acids is 1. The summed E-state index contributed by atoms with van der Waals surface area (Å²) >= 11 is 0. The van der Waals surface area contributed by atoms with Crippen LogP contribution in [0.15, 0.2) is 17.2 Å². The molecule has 0 fully saturated rings. The van der Waals surface area contributed by atoms with Gasteiger partial charge in [0.1, 0.15) is 10.6 Å². The molecule has 102 valence electrons. The molecular formula is C10H16N2O5S. The number of sulfonamides is 1. The van der Waals surface area contributed by atoms with Gasteiger partial charge in [0.25, 0.3) is 0 Å². The third kappa shape index (κ3) is 2.71. The van der Waals surface area contributed by atoms with E-state index in [0.717, 1.165) is 10.4 Å². The van der Waals surface area contributed by atoms with Crippen LogP contribution >= 0.6 is 0 Å². The van der Waals surface area contributed by atoms with Crippen LogP contribution in [0.5, 0.6) is 0 Å². The van der Waals surface area contributed by atoms with Crippen molar-refractivity contribution < 1.29 is 23.4 Å². The zero-order chi connectivity index (χ0) is 13.9. The molecule has 0 aliphatic heterocycles. The molecule has 0 spiro atoms. The molecule has 1 aromatic rings. The largest absolute Gasteiger partial charge is 0.477 e. The molecule has 18 heavy (non-hydrogen) atoms. The molecule has 0 aliphatic carbocycles. The first-order valence-electron chi connectivity index (χ1n) is 5.35. The average Bonchev–Trinajstić information content (AvgIpc) is 2.68. The Morgan fingerprint density at radius 1 is 1.50 bits per heavy atom. The summed E-state index contributed by atoms with van der Waals surface area (Å²) in [5.74, 6) is -1.19. The Morgan fingerprint density at radius 3 is 2.50 bits per heavy atom. The van der Waals surface area contributed by atoms with Gasteiger partial charge < -0.3 is 14.8 Å².